The second-order valence-electron chi connectivity index (χ2n) is 3.38. The Morgan fingerprint density at radius 2 is 1.93 bits per heavy atom. The third kappa shape index (κ3) is 3.72. The molecule has 0 fully saturated rings. The van der Waals surface area contributed by atoms with Crippen LogP contribution >= 0.6 is 0 Å². The van der Waals surface area contributed by atoms with Gasteiger partial charge in [0.25, 0.3) is 0 Å². The van der Waals surface area contributed by atoms with Gasteiger partial charge in [0, 0.05) is 0 Å². The molecule has 1 aromatic carbocycles. The van der Waals surface area contributed by atoms with Gasteiger partial charge in [-0.2, -0.15) is 0 Å². The van der Waals surface area contributed by atoms with Crippen LogP contribution in [0.3, 0.4) is 0 Å². The van der Waals surface area contributed by atoms with Gasteiger partial charge >= 0.3 is 0 Å². The van der Waals surface area contributed by atoms with E-state index in [1.54, 1.807) is 6.26 Å². The molecule has 1 aromatic rings. The van der Waals surface area contributed by atoms with Gasteiger partial charge in [-0.15, -0.1) is 0 Å². The second-order valence-corrected chi connectivity index (χ2v) is 4.76. The van der Waals surface area contributed by atoms with Gasteiger partial charge in [0.05, 0.1) is 0 Å². The maximum Gasteiger partial charge on any atom is 0.152 e. The van der Waals surface area contributed by atoms with Gasteiger partial charge in [-0.3, -0.25) is 0 Å². The van der Waals surface area contributed by atoms with E-state index in [1.165, 1.54) is 18.4 Å². The van der Waals surface area contributed by atoms with E-state index in [1.807, 2.05) is 12.1 Å². The molecule has 77 valence electrons. The van der Waals surface area contributed by atoms with Crippen LogP contribution in [0.15, 0.2) is 29.2 Å². The molecular formula is C12H17OS. The molecule has 1 radical (unpaired) electrons. The van der Waals surface area contributed by atoms with Crippen LogP contribution in [-0.4, -0.2) is 10.8 Å². The average molecular weight is 209 g/mol. The molecule has 0 aliphatic heterocycles. The minimum Gasteiger partial charge on any atom is -0.612 e. The molecule has 0 aromatic heterocycles. The van der Waals surface area contributed by atoms with Crippen molar-refractivity contribution in [2.75, 3.05) is 6.26 Å². The van der Waals surface area contributed by atoms with E-state index in [-0.39, 0.29) is 0 Å². The number of hydrogen-bond donors (Lipinski definition) is 0. The van der Waals surface area contributed by atoms with E-state index in [9.17, 15) is 4.55 Å². The summed E-state index contributed by atoms with van der Waals surface area (Å²) in [7, 11) is 0. The molecule has 1 unspecified atom stereocenters. The lowest BCUT2D eigenvalue weighted by Crippen LogP contribution is -1.97. The molecule has 0 spiro atoms. The fourth-order valence-corrected chi connectivity index (χ4v) is 1.81. The molecule has 0 heterocycles. The maximum atomic E-state index is 11.1. The topological polar surface area (TPSA) is 23.1 Å². The van der Waals surface area contributed by atoms with Crippen LogP contribution in [0.2, 0.25) is 0 Å². The predicted octanol–water partition coefficient (Wildman–Crippen LogP) is 2.97. The average Bonchev–Trinajstić information content (AvgIpc) is 2.19. The first-order valence-electron chi connectivity index (χ1n) is 4.98. The molecule has 0 saturated heterocycles. The summed E-state index contributed by atoms with van der Waals surface area (Å²) >= 11 is -0.855. The molecule has 1 rings (SSSR count). The molecule has 0 N–H and O–H groups in total. The van der Waals surface area contributed by atoms with Crippen LogP contribution in [0.5, 0.6) is 0 Å². The fourth-order valence-electron chi connectivity index (χ4n) is 1.29. The van der Waals surface area contributed by atoms with Gasteiger partial charge in [-0.1, -0.05) is 31.9 Å². The highest BCUT2D eigenvalue weighted by atomic mass is 32.2. The fraction of sp³-hybridized carbons (Fsp3) is 0.417. The summed E-state index contributed by atoms with van der Waals surface area (Å²) in [5.41, 5.74) is 1.30. The number of unbranched alkanes of at least 4 members (excludes halogenated alkanes) is 2. The molecule has 0 aliphatic rings. The van der Waals surface area contributed by atoms with Crippen LogP contribution in [0.4, 0.5) is 0 Å². The third-order valence-electron chi connectivity index (χ3n) is 2.13. The maximum absolute atomic E-state index is 11.1. The van der Waals surface area contributed by atoms with Crippen LogP contribution in [-0.2, 0) is 17.6 Å². The Bertz CT molecular complexity index is 254. The standard InChI is InChI=1S/C12H17OS/c1-3-4-5-6-11-7-9-12(10-8-11)14(2)13/h5,7-10H,3-4,6H2,1-2H3. The highest BCUT2D eigenvalue weighted by Gasteiger charge is 2.02. The zero-order valence-corrected chi connectivity index (χ0v) is 9.64. The lowest BCUT2D eigenvalue weighted by Gasteiger charge is -2.05. The van der Waals surface area contributed by atoms with Gasteiger partial charge in [0.1, 0.15) is 6.26 Å². The van der Waals surface area contributed by atoms with Crippen molar-refractivity contribution in [3.05, 3.63) is 36.2 Å². The summed E-state index contributed by atoms with van der Waals surface area (Å²) in [6.07, 6.45) is 7.39. The first-order valence-corrected chi connectivity index (χ1v) is 6.54. The zero-order valence-electron chi connectivity index (χ0n) is 8.82. The van der Waals surface area contributed by atoms with Crippen LogP contribution in [0.25, 0.3) is 0 Å². The quantitative estimate of drug-likeness (QED) is 0.540. The van der Waals surface area contributed by atoms with E-state index in [2.05, 4.69) is 25.5 Å². The molecule has 1 nitrogen and oxygen atoms in total. The molecule has 0 bridgehead atoms. The highest BCUT2D eigenvalue weighted by Crippen LogP contribution is 2.12. The first-order chi connectivity index (χ1) is 6.74. The molecule has 1 atom stereocenters. The van der Waals surface area contributed by atoms with Crippen molar-refractivity contribution in [3.8, 4) is 0 Å². The second kappa shape index (κ2) is 6.10. The Balaban J connectivity index is 2.47. The minimum atomic E-state index is -0.855. The Hall–Kier alpha value is -0.470. The van der Waals surface area contributed by atoms with Crippen molar-refractivity contribution in [2.45, 2.75) is 31.1 Å². The SMILES string of the molecule is CCC[CH]Cc1ccc([S+](C)[O-])cc1. The van der Waals surface area contributed by atoms with Crippen molar-refractivity contribution in [3.63, 3.8) is 0 Å². The van der Waals surface area contributed by atoms with Gasteiger partial charge in [-0.25, -0.2) is 0 Å². The Morgan fingerprint density at radius 3 is 2.43 bits per heavy atom. The first kappa shape index (κ1) is 11.6. The molecule has 0 amide bonds. The normalized spacial score (nSPS) is 12.8. The lowest BCUT2D eigenvalue weighted by atomic mass is 10.1. The van der Waals surface area contributed by atoms with E-state index in [0.29, 0.717) is 0 Å². The molecular weight excluding hydrogens is 192 g/mol. The number of hydrogen-bond acceptors (Lipinski definition) is 1. The monoisotopic (exact) mass is 209 g/mol. The van der Waals surface area contributed by atoms with Gasteiger partial charge in [0.15, 0.2) is 4.90 Å². The zero-order chi connectivity index (χ0) is 10.4. The summed E-state index contributed by atoms with van der Waals surface area (Å²) in [6.45, 7) is 2.18. The van der Waals surface area contributed by atoms with Crippen molar-refractivity contribution >= 4 is 11.2 Å². The van der Waals surface area contributed by atoms with Crippen molar-refractivity contribution in [1.29, 1.82) is 0 Å². The van der Waals surface area contributed by atoms with Crippen LogP contribution in [0, 0.1) is 6.42 Å². The summed E-state index contributed by atoms with van der Waals surface area (Å²) in [4.78, 5) is 0.907. The molecule has 0 aliphatic carbocycles. The Kier molecular flexibility index (Phi) is 5.05. The van der Waals surface area contributed by atoms with E-state index < -0.39 is 11.2 Å². The van der Waals surface area contributed by atoms with E-state index in [4.69, 9.17) is 0 Å². The summed E-state index contributed by atoms with van der Waals surface area (Å²) in [6, 6.07) is 8.02. The lowest BCUT2D eigenvalue weighted by molar-refractivity contribution is 0.601. The Labute approximate surface area is 89.7 Å². The number of rotatable bonds is 5. The number of benzene rings is 1. The largest absolute Gasteiger partial charge is 0.612 e. The summed E-state index contributed by atoms with van der Waals surface area (Å²) in [5, 5.41) is 0. The van der Waals surface area contributed by atoms with Gasteiger partial charge in [0.2, 0.25) is 0 Å². The van der Waals surface area contributed by atoms with Crippen LogP contribution in [0.1, 0.15) is 25.3 Å². The van der Waals surface area contributed by atoms with Crippen LogP contribution < -0.4 is 0 Å². The summed E-state index contributed by atoms with van der Waals surface area (Å²) in [5.74, 6) is 0. The molecule has 14 heavy (non-hydrogen) atoms. The highest BCUT2D eigenvalue weighted by molar-refractivity contribution is 7.90. The third-order valence-corrected chi connectivity index (χ3v) is 3.06. The van der Waals surface area contributed by atoms with Gasteiger partial charge in [-0.05, 0) is 41.7 Å². The minimum absolute atomic E-state index is 0.855. The molecule has 0 saturated carbocycles. The smallest absolute Gasteiger partial charge is 0.152 e. The Morgan fingerprint density at radius 1 is 1.29 bits per heavy atom. The predicted molar refractivity (Wildman–Crippen MR) is 61.7 cm³/mol. The molecule has 2 heteroatoms. The van der Waals surface area contributed by atoms with Gasteiger partial charge < -0.3 is 4.55 Å². The van der Waals surface area contributed by atoms with E-state index >= 15 is 0 Å². The van der Waals surface area contributed by atoms with Crippen molar-refractivity contribution < 1.29 is 4.55 Å². The summed E-state index contributed by atoms with van der Waals surface area (Å²) < 4.78 is 11.1. The van der Waals surface area contributed by atoms with Crippen molar-refractivity contribution in [1.82, 2.24) is 0 Å². The van der Waals surface area contributed by atoms with Crippen molar-refractivity contribution in [2.24, 2.45) is 0 Å². The van der Waals surface area contributed by atoms with E-state index in [0.717, 1.165) is 11.3 Å².